The molecule has 0 saturated carbocycles. The molecule has 0 heterocycles. The van der Waals surface area contributed by atoms with Crippen molar-refractivity contribution in [1.29, 1.82) is 0 Å². The first-order valence-corrected chi connectivity index (χ1v) is 2.81. The maximum absolute atomic E-state index is 4.83. The molecular formula is C6H13NO. The zero-order chi connectivity index (χ0) is 6.24. The third-order valence-electron chi connectivity index (χ3n) is 0.864. The van der Waals surface area contributed by atoms with Gasteiger partial charge < -0.3 is 9.73 Å². The van der Waals surface area contributed by atoms with Crippen molar-refractivity contribution in [2.45, 2.75) is 12.8 Å². The Kier molecular flexibility index (Phi) is 6.32. The molecule has 0 fully saturated rings. The van der Waals surface area contributed by atoms with Crippen molar-refractivity contribution < 1.29 is 4.74 Å². The van der Waals surface area contributed by atoms with Crippen LogP contribution >= 0.6 is 0 Å². The van der Waals surface area contributed by atoms with Gasteiger partial charge >= 0.3 is 0 Å². The maximum atomic E-state index is 4.83. The van der Waals surface area contributed by atoms with Gasteiger partial charge in [0, 0.05) is 20.8 Å². The van der Waals surface area contributed by atoms with E-state index >= 15 is 0 Å². The van der Waals surface area contributed by atoms with Crippen LogP contribution in [-0.4, -0.2) is 27.0 Å². The fourth-order valence-corrected chi connectivity index (χ4v) is 0.448. The van der Waals surface area contributed by atoms with Gasteiger partial charge in [-0.15, -0.1) is 0 Å². The number of rotatable bonds is 4. The van der Waals surface area contributed by atoms with Gasteiger partial charge in [-0.25, -0.2) is 0 Å². The minimum atomic E-state index is 0.839. The molecule has 0 saturated heterocycles. The SMILES string of the molecule is CN=CCCCOC. The summed E-state index contributed by atoms with van der Waals surface area (Å²) in [6.07, 6.45) is 4.01. The Labute approximate surface area is 50.6 Å². The molecule has 0 aromatic carbocycles. The lowest BCUT2D eigenvalue weighted by atomic mass is 10.3. The van der Waals surface area contributed by atoms with Gasteiger partial charge in [0.2, 0.25) is 0 Å². The normalized spacial score (nSPS) is 10.8. The summed E-state index contributed by atoms with van der Waals surface area (Å²) in [6.45, 7) is 0.839. The van der Waals surface area contributed by atoms with Gasteiger partial charge in [0.1, 0.15) is 0 Å². The van der Waals surface area contributed by atoms with Crippen molar-refractivity contribution in [3.05, 3.63) is 0 Å². The molecule has 0 aromatic rings. The number of aliphatic imine (C=N–C) groups is 1. The minimum Gasteiger partial charge on any atom is -0.385 e. The second-order valence-corrected chi connectivity index (χ2v) is 1.58. The van der Waals surface area contributed by atoms with Gasteiger partial charge in [-0.1, -0.05) is 0 Å². The summed E-state index contributed by atoms with van der Waals surface area (Å²) in [4.78, 5) is 3.83. The molecule has 0 bridgehead atoms. The fourth-order valence-electron chi connectivity index (χ4n) is 0.448. The molecule has 0 amide bonds. The van der Waals surface area contributed by atoms with Crippen LogP contribution in [0.4, 0.5) is 0 Å². The molecule has 0 radical (unpaired) electrons. The highest BCUT2D eigenvalue weighted by molar-refractivity contribution is 5.56. The first-order valence-electron chi connectivity index (χ1n) is 2.81. The molecule has 2 nitrogen and oxygen atoms in total. The van der Waals surface area contributed by atoms with Gasteiger partial charge in [-0.2, -0.15) is 0 Å². The van der Waals surface area contributed by atoms with Crippen LogP contribution < -0.4 is 0 Å². The van der Waals surface area contributed by atoms with Gasteiger partial charge in [0.15, 0.2) is 0 Å². The molecule has 0 N–H and O–H groups in total. The van der Waals surface area contributed by atoms with Crippen molar-refractivity contribution in [3.63, 3.8) is 0 Å². The topological polar surface area (TPSA) is 21.6 Å². The van der Waals surface area contributed by atoms with Crippen LogP contribution in [0.3, 0.4) is 0 Å². The second-order valence-electron chi connectivity index (χ2n) is 1.58. The van der Waals surface area contributed by atoms with E-state index in [4.69, 9.17) is 4.74 Å². The average Bonchev–Trinajstić information content (AvgIpc) is 1.81. The van der Waals surface area contributed by atoms with Crippen molar-refractivity contribution >= 4 is 6.21 Å². The Balaban J connectivity index is 2.72. The van der Waals surface area contributed by atoms with Gasteiger partial charge in [0.25, 0.3) is 0 Å². The summed E-state index contributed by atoms with van der Waals surface area (Å²) in [6, 6.07) is 0. The highest BCUT2D eigenvalue weighted by Gasteiger charge is 1.78. The van der Waals surface area contributed by atoms with Gasteiger partial charge in [-0.3, -0.25) is 0 Å². The number of ether oxygens (including phenoxy) is 1. The van der Waals surface area contributed by atoms with Gasteiger partial charge in [0.05, 0.1) is 0 Å². The van der Waals surface area contributed by atoms with Crippen molar-refractivity contribution in [2.24, 2.45) is 4.99 Å². The number of methoxy groups -OCH3 is 1. The van der Waals surface area contributed by atoms with E-state index in [1.807, 2.05) is 6.21 Å². The minimum absolute atomic E-state index is 0.839. The number of unbranched alkanes of at least 4 members (excludes halogenated alkanes) is 1. The lowest BCUT2D eigenvalue weighted by molar-refractivity contribution is 0.197. The molecule has 2 heteroatoms. The fraction of sp³-hybridized carbons (Fsp3) is 0.833. The summed E-state index contributed by atoms with van der Waals surface area (Å²) in [5, 5.41) is 0. The highest BCUT2D eigenvalue weighted by atomic mass is 16.5. The number of hydrogen-bond acceptors (Lipinski definition) is 2. The zero-order valence-electron chi connectivity index (χ0n) is 5.55. The van der Waals surface area contributed by atoms with Crippen LogP contribution in [0.15, 0.2) is 4.99 Å². The van der Waals surface area contributed by atoms with E-state index in [1.165, 1.54) is 0 Å². The molecular weight excluding hydrogens is 102 g/mol. The third-order valence-corrected chi connectivity index (χ3v) is 0.864. The number of hydrogen-bond donors (Lipinski definition) is 0. The Morgan fingerprint density at radius 1 is 1.62 bits per heavy atom. The van der Waals surface area contributed by atoms with E-state index < -0.39 is 0 Å². The summed E-state index contributed by atoms with van der Waals surface area (Å²) in [5.74, 6) is 0. The van der Waals surface area contributed by atoms with Crippen LogP contribution in [0.1, 0.15) is 12.8 Å². The standard InChI is InChI=1S/C6H13NO/c1-7-5-3-4-6-8-2/h5H,3-4,6H2,1-2H3. The van der Waals surface area contributed by atoms with Crippen molar-refractivity contribution in [2.75, 3.05) is 20.8 Å². The van der Waals surface area contributed by atoms with E-state index in [2.05, 4.69) is 4.99 Å². The Morgan fingerprint density at radius 2 is 2.38 bits per heavy atom. The largest absolute Gasteiger partial charge is 0.385 e. The molecule has 0 aromatic heterocycles. The van der Waals surface area contributed by atoms with E-state index in [9.17, 15) is 0 Å². The molecule has 0 atom stereocenters. The molecule has 8 heavy (non-hydrogen) atoms. The smallest absolute Gasteiger partial charge is 0.0465 e. The van der Waals surface area contributed by atoms with E-state index in [0.29, 0.717) is 0 Å². The van der Waals surface area contributed by atoms with E-state index in [1.54, 1.807) is 14.2 Å². The Bertz CT molecular complexity index is 61.5. The van der Waals surface area contributed by atoms with E-state index in [-0.39, 0.29) is 0 Å². The molecule has 0 aliphatic heterocycles. The molecule has 48 valence electrons. The van der Waals surface area contributed by atoms with Crippen LogP contribution in [-0.2, 0) is 4.74 Å². The molecule has 0 spiro atoms. The Morgan fingerprint density at radius 3 is 2.88 bits per heavy atom. The van der Waals surface area contributed by atoms with Crippen LogP contribution in [0.25, 0.3) is 0 Å². The van der Waals surface area contributed by atoms with Crippen LogP contribution in [0.2, 0.25) is 0 Å². The molecule has 0 aliphatic carbocycles. The first-order chi connectivity index (χ1) is 3.91. The molecule has 0 rings (SSSR count). The number of nitrogens with zero attached hydrogens (tertiary/aromatic N) is 1. The summed E-state index contributed by atoms with van der Waals surface area (Å²) in [5.41, 5.74) is 0. The Hall–Kier alpha value is -0.370. The molecule has 0 unspecified atom stereocenters. The summed E-state index contributed by atoms with van der Waals surface area (Å²) in [7, 11) is 3.50. The highest BCUT2D eigenvalue weighted by Crippen LogP contribution is 1.83. The first kappa shape index (κ1) is 7.63. The maximum Gasteiger partial charge on any atom is 0.0465 e. The zero-order valence-corrected chi connectivity index (χ0v) is 5.55. The molecule has 0 aliphatic rings. The van der Waals surface area contributed by atoms with Crippen LogP contribution in [0.5, 0.6) is 0 Å². The second kappa shape index (κ2) is 6.63. The van der Waals surface area contributed by atoms with Gasteiger partial charge in [-0.05, 0) is 19.1 Å². The summed E-state index contributed by atoms with van der Waals surface area (Å²) < 4.78 is 4.83. The van der Waals surface area contributed by atoms with E-state index in [0.717, 1.165) is 19.4 Å². The van der Waals surface area contributed by atoms with Crippen LogP contribution in [0, 0.1) is 0 Å². The lowest BCUT2D eigenvalue weighted by Gasteiger charge is -1.90. The lowest BCUT2D eigenvalue weighted by Crippen LogP contribution is -1.87. The third kappa shape index (κ3) is 5.63. The average molecular weight is 115 g/mol. The van der Waals surface area contributed by atoms with Crippen molar-refractivity contribution in [1.82, 2.24) is 0 Å². The van der Waals surface area contributed by atoms with Crippen molar-refractivity contribution in [3.8, 4) is 0 Å². The predicted molar refractivity (Wildman–Crippen MR) is 35.5 cm³/mol. The monoisotopic (exact) mass is 115 g/mol. The summed E-state index contributed by atoms with van der Waals surface area (Å²) >= 11 is 0. The predicted octanol–water partition coefficient (Wildman–Crippen LogP) is 1.11. The quantitative estimate of drug-likeness (QED) is 0.397.